The van der Waals surface area contributed by atoms with Gasteiger partial charge in [0.2, 0.25) is 0 Å². The van der Waals surface area contributed by atoms with Crippen molar-refractivity contribution in [2.75, 3.05) is 38.7 Å². The van der Waals surface area contributed by atoms with Gasteiger partial charge in [-0.15, -0.1) is 0 Å². The third kappa shape index (κ3) is 4.91. The molecule has 0 aliphatic rings. The highest BCUT2D eigenvalue weighted by Gasteiger charge is 2.23. The number of nitrogens with zero attached hydrogens (tertiary/aromatic N) is 1. The van der Waals surface area contributed by atoms with Crippen molar-refractivity contribution in [1.82, 2.24) is 5.32 Å². The fraction of sp³-hybridized carbons (Fsp3) is 0.278. The average molecular weight is 413 g/mol. The molecule has 0 aliphatic heterocycles. The molecule has 0 saturated heterocycles. The molecule has 2 aromatic rings. The van der Waals surface area contributed by atoms with Gasteiger partial charge in [0.25, 0.3) is 15.9 Å². The molecule has 7 nitrogen and oxygen atoms in total. The van der Waals surface area contributed by atoms with Crippen LogP contribution in [0, 0.1) is 0 Å². The van der Waals surface area contributed by atoms with Crippen LogP contribution in [0.3, 0.4) is 0 Å². The summed E-state index contributed by atoms with van der Waals surface area (Å²) < 4.78 is 36.7. The Bertz CT molecular complexity index is 900. The number of benzene rings is 2. The first-order valence-corrected chi connectivity index (χ1v) is 9.82. The van der Waals surface area contributed by atoms with Crippen LogP contribution in [0.2, 0.25) is 5.02 Å². The number of methoxy groups -OCH3 is 2. The Kier molecular flexibility index (Phi) is 7.06. The molecule has 2 aromatic carbocycles. The number of carbonyl (C=O) groups excluding carboxylic acids is 1. The first-order valence-electron chi connectivity index (χ1n) is 8.01. The molecule has 0 atom stereocenters. The van der Waals surface area contributed by atoms with Crippen molar-refractivity contribution < 1.29 is 22.7 Å². The largest absolute Gasteiger partial charge is 0.497 e. The third-order valence-corrected chi connectivity index (χ3v) is 6.00. The topological polar surface area (TPSA) is 84.9 Å². The molecule has 0 heterocycles. The molecule has 1 amide bonds. The Balaban J connectivity index is 2.30. The number of hydrogen-bond acceptors (Lipinski definition) is 5. The van der Waals surface area contributed by atoms with E-state index in [1.54, 1.807) is 12.1 Å². The first kappa shape index (κ1) is 21.0. The molecule has 9 heteroatoms. The van der Waals surface area contributed by atoms with Gasteiger partial charge in [-0.25, -0.2) is 8.42 Å². The van der Waals surface area contributed by atoms with Crippen molar-refractivity contribution in [1.29, 1.82) is 0 Å². The fourth-order valence-electron chi connectivity index (χ4n) is 2.29. The lowest BCUT2D eigenvalue weighted by molar-refractivity contribution is 0.0937. The molecule has 0 unspecified atom stereocenters. The summed E-state index contributed by atoms with van der Waals surface area (Å²) in [4.78, 5) is 12.4. The first-order chi connectivity index (χ1) is 12.8. The second kappa shape index (κ2) is 9.07. The molecule has 0 spiro atoms. The quantitative estimate of drug-likeness (QED) is 0.673. The molecule has 0 bridgehead atoms. The minimum Gasteiger partial charge on any atom is -0.497 e. The Morgan fingerprint density at radius 3 is 2.41 bits per heavy atom. The molecule has 0 radical (unpaired) electrons. The fourth-order valence-corrected chi connectivity index (χ4v) is 3.68. The zero-order valence-corrected chi connectivity index (χ0v) is 16.8. The lowest BCUT2D eigenvalue weighted by atomic mass is 10.2. The Morgan fingerprint density at radius 1 is 1.15 bits per heavy atom. The lowest BCUT2D eigenvalue weighted by Crippen LogP contribution is -2.29. The van der Waals surface area contributed by atoms with Crippen molar-refractivity contribution in [3.8, 4) is 5.75 Å². The van der Waals surface area contributed by atoms with Crippen molar-refractivity contribution >= 4 is 33.2 Å². The van der Waals surface area contributed by atoms with Crippen LogP contribution in [0.5, 0.6) is 5.75 Å². The summed E-state index contributed by atoms with van der Waals surface area (Å²) in [5.74, 6) is 0.146. The van der Waals surface area contributed by atoms with Gasteiger partial charge in [-0.05, 0) is 42.5 Å². The van der Waals surface area contributed by atoms with E-state index in [9.17, 15) is 13.2 Å². The van der Waals surface area contributed by atoms with E-state index in [-0.39, 0.29) is 15.5 Å². The Morgan fingerprint density at radius 2 is 1.81 bits per heavy atom. The zero-order valence-electron chi connectivity index (χ0n) is 15.2. The predicted molar refractivity (Wildman–Crippen MR) is 104 cm³/mol. The summed E-state index contributed by atoms with van der Waals surface area (Å²) >= 11 is 6.10. The number of amides is 1. The van der Waals surface area contributed by atoms with E-state index in [1.807, 2.05) is 0 Å². The molecule has 146 valence electrons. The van der Waals surface area contributed by atoms with Gasteiger partial charge < -0.3 is 14.8 Å². The SMILES string of the molecule is COCCNC(=O)c1cc(N(C)S(=O)(=O)c2ccc(OC)cc2)ccc1Cl. The van der Waals surface area contributed by atoms with E-state index < -0.39 is 15.9 Å². The number of nitrogens with one attached hydrogen (secondary N) is 1. The van der Waals surface area contributed by atoms with Crippen LogP contribution in [0.4, 0.5) is 5.69 Å². The van der Waals surface area contributed by atoms with E-state index in [1.165, 1.54) is 51.6 Å². The molecule has 0 fully saturated rings. The maximum Gasteiger partial charge on any atom is 0.264 e. The van der Waals surface area contributed by atoms with Crippen LogP contribution in [0.1, 0.15) is 10.4 Å². The lowest BCUT2D eigenvalue weighted by Gasteiger charge is -2.20. The van der Waals surface area contributed by atoms with Gasteiger partial charge in [-0.1, -0.05) is 11.6 Å². The minimum atomic E-state index is -3.81. The van der Waals surface area contributed by atoms with Crippen molar-refractivity contribution in [2.24, 2.45) is 0 Å². The monoisotopic (exact) mass is 412 g/mol. The van der Waals surface area contributed by atoms with Crippen molar-refractivity contribution in [3.63, 3.8) is 0 Å². The standard InChI is InChI=1S/C18H21ClN2O5S/c1-21(27(23,24)15-7-5-14(26-3)6-8-15)13-4-9-17(19)16(12-13)18(22)20-10-11-25-2/h4-9,12H,10-11H2,1-3H3,(H,20,22). The zero-order chi connectivity index (χ0) is 20.0. The summed E-state index contributed by atoms with van der Waals surface area (Å²) in [6, 6.07) is 10.5. The summed E-state index contributed by atoms with van der Waals surface area (Å²) in [7, 11) is 0.631. The maximum atomic E-state index is 12.8. The van der Waals surface area contributed by atoms with Gasteiger partial charge in [0, 0.05) is 20.7 Å². The Hall–Kier alpha value is -2.29. The van der Waals surface area contributed by atoms with E-state index >= 15 is 0 Å². The van der Waals surface area contributed by atoms with Crippen molar-refractivity contribution in [3.05, 3.63) is 53.1 Å². The van der Waals surface area contributed by atoms with Gasteiger partial charge in [-0.2, -0.15) is 0 Å². The van der Waals surface area contributed by atoms with E-state index in [2.05, 4.69) is 5.32 Å². The number of sulfonamides is 1. The number of hydrogen-bond donors (Lipinski definition) is 1. The number of anilines is 1. The Labute approximate surface area is 163 Å². The molecule has 0 saturated carbocycles. The minimum absolute atomic E-state index is 0.104. The van der Waals surface area contributed by atoms with Crippen LogP contribution in [0.15, 0.2) is 47.4 Å². The van der Waals surface area contributed by atoms with E-state index in [4.69, 9.17) is 21.1 Å². The van der Waals surface area contributed by atoms with Crippen LogP contribution in [0.25, 0.3) is 0 Å². The van der Waals surface area contributed by atoms with Crippen LogP contribution in [-0.4, -0.2) is 48.7 Å². The second-order valence-corrected chi connectivity index (χ2v) is 7.94. The van der Waals surface area contributed by atoms with Gasteiger partial charge in [0.15, 0.2) is 0 Å². The highest BCUT2D eigenvalue weighted by atomic mass is 35.5. The highest BCUT2D eigenvalue weighted by Crippen LogP contribution is 2.27. The average Bonchev–Trinajstić information content (AvgIpc) is 2.68. The van der Waals surface area contributed by atoms with E-state index in [0.29, 0.717) is 24.6 Å². The molecule has 1 N–H and O–H groups in total. The summed E-state index contributed by atoms with van der Waals surface area (Å²) in [5.41, 5.74) is 0.495. The smallest absolute Gasteiger partial charge is 0.264 e. The summed E-state index contributed by atoms with van der Waals surface area (Å²) in [5, 5.41) is 2.89. The molecular weight excluding hydrogens is 392 g/mol. The van der Waals surface area contributed by atoms with Crippen LogP contribution in [-0.2, 0) is 14.8 Å². The number of rotatable bonds is 8. The third-order valence-electron chi connectivity index (χ3n) is 3.87. The number of carbonyl (C=O) groups is 1. The van der Waals surface area contributed by atoms with Gasteiger partial charge in [-0.3, -0.25) is 9.10 Å². The van der Waals surface area contributed by atoms with E-state index in [0.717, 1.165) is 4.31 Å². The van der Waals surface area contributed by atoms with Crippen molar-refractivity contribution in [2.45, 2.75) is 4.90 Å². The summed E-state index contributed by atoms with van der Waals surface area (Å²) in [6.45, 7) is 0.671. The molecular formula is C18H21ClN2O5S. The summed E-state index contributed by atoms with van der Waals surface area (Å²) in [6.07, 6.45) is 0. The van der Waals surface area contributed by atoms with Gasteiger partial charge in [0.1, 0.15) is 5.75 Å². The predicted octanol–water partition coefficient (Wildman–Crippen LogP) is 2.55. The highest BCUT2D eigenvalue weighted by molar-refractivity contribution is 7.92. The van der Waals surface area contributed by atoms with Gasteiger partial charge >= 0.3 is 0 Å². The molecule has 0 aliphatic carbocycles. The number of halogens is 1. The normalized spacial score (nSPS) is 11.1. The molecule has 27 heavy (non-hydrogen) atoms. The van der Waals surface area contributed by atoms with Crippen LogP contribution < -0.4 is 14.4 Å². The number of ether oxygens (including phenoxy) is 2. The van der Waals surface area contributed by atoms with Gasteiger partial charge in [0.05, 0.1) is 34.9 Å². The second-order valence-electron chi connectivity index (χ2n) is 5.56. The van der Waals surface area contributed by atoms with Crippen LogP contribution >= 0.6 is 11.6 Å². The molecule has 0 aromatic heterocycles. The maximum absolute atomic E-state index is 12.8. The molecule has 2 rings (SSSR count).